The number of nitrogens with zero attached hydrogens (tertiary/aromatic N) is 1. The average molecular weight is 600 g/mol. The lowest BCUT2D eigenvalue weighted by Gasteiger charge is -2.39. The Morgan fingerprint density at radius 2 is 0.583 bits per heavy atom. The van der Waals surface area contributed by atoms with Crippen LogP contribution in [-0.2, 0) is 0 Å². The first-order valence-corrected chi connectivity index (χ1v) is 16.2. The van der Waals surface area contributed by atoms with Gasteiger partial charge in [-0.3, -0.25) is 0 Å². The Morgan fingerprint density at radius 1 is 0.361 bits per heavy atom. The third kappa shape index (κ3) is 32.7. The summed E-state index contributed by atoms with van der Waals surface area (Å²) >= 11 is 0. The van der Waals surface area contributed by atoms with E-state index in [4.69, 9.17) is 5.73 Å². The Kier molecular flexibility index (Phi) is 46.0. The molecule has 0 aliphatic carbocycles. The molecule has 0 atom stereocenters. The highest BCUT2D eigenvalue weighted by Crippen LogP contribution is 2.16. The van der Waals surface area contributed by atoms with Crippen LogP contribution in [0.4, 0.5) is 0 Å². The molecule has 0 heterocycles. The quantitative estimate of drug-likeness (QED) is 0.0795. The first kappa shape index (κ1) is 43.7. The summed E-state index contributed by atoms with van der Waals surface area (Å²) in [7, 11) is 0. The van der Waals surface area contributed by atoms with E-state index in [9.17, 15) is 0 Å². The number of hydrogen-bond acceptors (Lipinski definition) is 1. The number of rotatable bonds is 26. The molecule has 0 aliphatic heterocycles. The Bertz CT molecular complexity index is 304. The van der Waals surface area contributed by atoms with Gasteiger partial charge in [-0.25, -0.2) is 0 Å². The summed E-state index contributed by atoms with van der Waals surface area (Å²) in [6, 6.07) is 0. The van der Waals surface area contributed by atoms with Crippen LogP contribution in [-0.4, -0.2) is 37.2 Å². The van der Waals surface area contributed by atoms with Crippen LogP contribution in [0.3, 0.4) is 0 Å². The van der Waals surface area contributed by atoms with Crippen molar-refractivity contribution in [2.75, 3.05) is 32.7 Å². The summed E-state index contributed by atoms with van der Waals surface area (Å²) in [5.74, 6) is 0. The van der Waals surface area contributed by atoms with Crippen molar-refractivity contribution in [1.29, 1.82) is 0 Å². The minimum atomic E-state index is 0. The Labute approximate surface area is 247 Å². The van der Waals surface area contributed by atoms with E-state index in [2.05, 4.69) is 34.6 Å². The molecule has 0 aromatic carbocycles. The van der Waals surface area contributed by atoms with Gasteiger partial charge in [0.05, 0.1) is 26.2 Å². The maximum atomic E-state index is 5.47. The SMILES string of the molecule is CCCCCCCCCCCCCCCCN.CCCC[N+](CCCC)(CCCC)CCCC.Cl.[Br-]. The van der Waals surface area contributed by atoms with Gasteiger partial charge in [-0.05, 0) is 38.6 Å². The van der Waals surface area contributed by atoms with Crippen LogP contribution < -0.4 is 22.7 Å². The largest absolute Gasteiger partial charge is 1.00 e. The maximum Gasteiger partial charge on any atom is 0.0786 e. The molecule has 0 spiro atoms. The van der Waals surface area contributed by atoms with E-state index < -0.39 is 0 Å². The van der Waals surface area contributed by atoms with Crippen molar-refractivity contribution in [2.45, 2.75) is 176 Å². The van der Waals surface area contributed by atoms with Crippen LogP contribution in [0.25, 0.3) is 0 Å². The molecule has 0 amide bonds. The third-order valence-corrected chi connectivity index (χ3v) is 7.50. The maximum absolute atomic E-state index is 5.47. The highest BCUT2D eigenvalue weighted by molar-refractivity contribution is 5.85. The van der Waals surface area contributed by atoms with Crippen LogP contribution in [0, 0.1) is 0 Å². The molecule has 0 fully saturated rings. The lowest BCUT2D eigenvalue weighted by molar-refractivity contribution is -0.929. The molecule has 224 valence electrons. The molecule has 0 saturated carbocycles. The van der Waals surface area contributed by atoms with Crippen molar-refractivity contribution in [2.24, 2.45) is 5.73 Å². The number of unbranched alkanes of at least 4 members (excludes halogenated alkanes) is 17. The van der Waals surface area contributed by atoms with E-state index in [1.807, 2.05) is 0 Å². The summed E-state index contributed by atoms with van der Waals surface area (Å²) in [6.45, 7) is 18.2. The normalized spacial score (nSPS) is 10.8. The highest BCUT2D eigenvalue weighted by Gasteiger charge is 2.24. The highest BCUT2D eigenvalue weighted by atomic mass is 79.9. The predicted molar refractivity (Wildman–Crippen MR) is 166 cm³/mol. The zero-order valence-corrected chi connectivity index (χ0v) is 28.3. The zero-order chi connectivity index (χ0) is 25.6. The fourth-order valence-corrected chi connectivity index (χ4v) is 4.98. The van der Waals surface area contributed by atoms with Gasteiger partial charge in [0, 0.05) is 0 Å². The molecule has 0 rings (SSSR count). The lowest BCUT2D eigenvalue weighted by Crippen LogP contribution is -3.00. The molecule has 0 bridgehead atoms. The number of quaternary nitrogens is 1. The summed E-state index contributed by atoms with van der Waals surface area (Å²) in [6.07, 6.45) is 30.9. The smallest absolute Gasteiger partial charge is 0.0786 e. The molecule has 0 radical (unpaired) electrons. The van der Waals surface area contributed by atoms with Crippen molar-refractivity contribution in [3.8, 4) is 0 Å². The van der Waals surface area contributed by atoms with Crippen molar-refractivity contribution in [3.63, 3.8) is 0 Å². The van der Waals surface area contributed by atoms with E-state index in [0.717, 1.165) is 6.54 Å². The van der Waals surface area contributed by atoms with Crippen LogP contribution in [0.1, 0.15) is 176 Å². The van der Waals surface area contributed by atoms with Crippen LogP contribution in [0.5, 0.6) is 0 Å². The molecule has 4 heteroatoms. The molecule has 0 aliphatic rings. The third-order valence-electron chi connectivity index (χ3n) is 7.50. The number of nitrogens with two attached hydrogens (primary N) is 1. The van der Waals surface area contributed by atoms with Gasteiger partial charge in [-0.1, -0.05) is 144 Å². The molecule has 36 heavy (non-hydrogen) atoms. The second kappa shape index (κ2) is 37.8. The van der Waals surface area contributed by atoms with E-state index in [1.54, 1.807) is 0 Å². The fraction of sp³-hybridized carbons (Fsp3) is 1.00. The van der Waals surface area contributed by atoms with Gasteiger partial charge in [-0.2, -0.15) is 0 Å². The summed E-state index contributed by atoms with van der Waals surface area (Å²) < 4.78 is 1.42. The minimum absolute atomic E-state index is 0. The lowest BCUT2D eigenvalue weighted by atomic mass is 10.0. The van der Waals surface area contributed by atoms with Crippen LogP contribution in [0.15, 0.2) is 0 Å². The number of hydrogen-bond donors (Lipinski definition) is 1. The predicted octanol–water partition coefficient (Wildman–Crippen LogP) is 7.86. The van der Waals surface area contributed by atoms with Crippen molar-refractivity contribution in [3.05, 3.63) is 0 Å². The molecular formula is C32H72BrClN2. The molecule has 0 saturated heterocycles. The summed E-state index contributed by atoms with van der Waals surface area (Å²) in [4.78, 5) is 0. The Morgan fingerprint density at radius 3 is 0.806 bits per heavy atom. The van der Waals surface area contributed by atoms with Gasteiger partial charge in [0.1, 0.15) is 0 Å². The monoisotopic (exact) mass is 598 g/mol. The topological polar surface area (TPSA) is 26.0 Å². The molecular weight excluding hydrogens is 528 g/mol. The van der Waals surface area contributed by atoms with Gasteiger partial charge in [-0.15, -0.1) is 12.4 Å². The van der Waals surface area contributed by atoms with Gasteiger partial charge >= 0.3 is 0 Å². The van der Waals surface area contributed by atoms with Gasteiger partial charge < -0.3 is 27.2 Å². The van der Waals surface area contributed by atoms with Crippen molar-refractivity contribution >= 4 is 12.4 Å². The first-order valence-electron chi connectivity index (χ1n) is 16.2. The molecule has 2 nitrogen and oxygen atoms in total. The van der Waals surface area contributed by atoms with Crippen LogP contribution in [0.2, 0.25) is 0 Å². The van der Waals surface area contributed by atoms with Gasteiger partial charge in [0.2, 0.25) is 0 Å². The average Bonchev–Trinajstić information content (AvgIpc) is 2.86. The summed E-state index contributed by atoms with van der Waals surface area (Å²) in [5.41, 5.74) is 5.47. The van der Waals surface area contributed by atoms with E-state index >= 15 is 0 Å². The minimum Gasteiger partial charge on any atom is -1.00 e. The fourth-order valence-electron chi connectivity index (χ4n) is 4.98. The standard InChI is InChI=1S/C16H36N.C16H35N.BrH.ClH/c1-5-9-13-17(14-10-6-2,15-11-7-3)16-12-8-4;1-2-3-4-5-6-7-8-9-10-11-12-13-14-15-16-17;;/h5-16H2,1-4H3;2-17H2,1H3;2*1H/q+1;;;/p-1. The van der Waals surface area contributed by atoms with Crippen molar-refractivity contribution in [1.82, 2.24) is 0 Å². The first-order chi connectivity index (χ1) is 16.7. The Balaban J connectivity index is -0.000000269. The molecule has 2 N–H and O–H groups in total. The summed E-state index contributed by atoms with van der Waals surface area (Å²) in [5, 5.41) is 0. The molecule has 0 aromatic heterocycles. The van der Waals surface area contributed by atoms with Crippen LogP contribution >= 0.6 is 12.4 Å². The molecule has 0 unspecified atom stereocenters. The second-order valence-corrected chi connectivity index (χ2v) is 11.0. The molecule has 0 aromatic rings. The number of halogens is 2. The Hall–Kier alpha value is 0.690. The zero-order valence-electron chi connectivity index (χ0n) is 25.9. The van der Waals surface area contributed by atoms with E-state index in [1.165, 1.54) is 172 Å². The van der Waals surface area contributed by atoms with E-state index in [0.29, 0.717) is 0 Å². The van der Waals surface area contributed by atoms with Gasteiger partial charge in [0.15, 0.2) is 0 Å². The second-order valence-electron chi connectivity index (χ2n) is 11.0. The van der Waals surface area contributed by atoms with E-state index in [-0.39, 0.29) is 29.4 Å². The van der Waals surface area contributed by atoms with Crippen molar-refractivity contribution < 1.29 is 21.5 Å². The van der Waals surface area contributed by atoms with Gasteiger partial charge in [0.25, 0.3) is 0 Å².